The van der Waals surface area contributed by atoms with Crippen LogP contribution in [-0.2, 0) is 11.3 Å². The average Bonchev–Trinajstić information content (AvgIpc) is 3.08. The van der Waals surface area contributed by atoms with Gasteiger partial charge in [0.25, 0.3) is 5.91 Å². The number of carbonyl (C=O) groups is 1. The molecule has 0 saturated carbocycles. The van der Waals surface area contributed by atoms with Crippen LogP contribution >= 0.6 is 11.3 Å². The summed E-state index contributed by atoms with van der Waals surface area (Å²) in [5.41, 5.74) is 1.76. The number of ether oxygens (including phenoxy) is 3. The number of hydrogen-bond donors (Lipinski definition) is 0. The molecule has 0 bridgehead atoms. The van der Waals surface area contributed by atoms with Crippen molar-refractivity contribution in [3.05, 3.63) is 65.5 Å². The molecule has 1 heterocycles. The predicted octanol–water partition coefficient (Wildman–Crippen LogP) is 4.06. The first-order chi connectivity index (χ1) is 14.1. The summed E-state index contributed by atoms with van der Waals surface area (Å²) in [6, 6.07) is 11.5. The summed E-state index contributed by atoms with van der Waals surface area (Å²) < 4.78 is 19.0. The Morgan fingerprint density at radius 3 is 2.45 bits per heavy atom. The highest BCUT2D eigenvalue weighted by Gasteiger charge is 2.12. The molecule has 0 radical (unpaired) electrons. The number of methoxy groups -OCH3 is 3. The summed E-state index contributed by atoms with van der Waals surface area (Å²) in [5, 5.41) is 0. The van der Waals surface area contributed by atoms with E-state index in [1.165, 1.54) is 17.4 Å². The summed E-state index contributed by atoms with van der Waals surface area (Å²) in [7, 11) is 4.64. The largest absolute Gasteiger partial charge is 0.493 e. The Morgan fingerprint density at radius 2 is 1.83 bits per heavy atom. The van der Waals surface area contributed by atoms with E-state index in [9.17, 15) is 4.79 Å². The zero-order valence-electron chi connectivity index (χ0n) is 16.5. The maximum Gasteiger partial charge on any atom is 0.272 e. The van der Waals surface area contributed by atoms with Crippen molar-refractivity contribution in [1.29, 1.82) is 0 Å². The summed E-state index contributed by atoms with van der Waals surface area (Å²) in [5.74, 6) is 1.18. The van der Waals surface area contributed by atoms with Gasteiger partial charge in [-0.3, -0.25) is 4.79 Å². The number of thiazole rings is 1. The highest BCUT2D eigenvalue weighted by atomic mass is 32.1. The lowest BCUT2D eigenvalue weighted by molar-refractivity contribution is -0.113. The van der Waals surface area contributed by atoms with Crippen LogP contribution in [0.4, 0.5) is 0 Å². The third kappa shape index (κ3) is 4.41. The molecule has 0 atom stereocenters. The molecule has 0 unspecified atom stereocenters. The Balaban J connectivity index is 1.95. The van der Waals surface area contributed by atoms with Gasteiger partial charge in [0.1, 0.15) is 0 Å². The second kappa shape index (κ2) is 9.25. The molecule has 0 aliphatic carbocycles. The van der Waals surface area contributed by atoms with E-state index in [0.717, 1.165) is 15.8 Å². The molecule has 1 aromatic heterocycles. The topological polar surface area (TPSA) is 62.1 Å². The van der Waals surface area contributed by atoms with Gasteiger partial charge in [0.2, 0.25) is 5.75 Å². The standard InChI is InChI=1S/C22H22N2O4S/c1-5-12-24-16-8-6-7-9-19(16)29-22(24)23-20(25)11-10-15-13-17(26-2)21(28-4)18(14-15)27-3/h5-11,13-14H,1,12H2,2-4H3. The Morgan fingerprint density at radius 1 is 1.14 bits per heavy atom. The van der Waals surface area contributed by atoms with E-state index in [1.54, 1.807) is 45.6 Å². The van der Waals surface area contributed by atoms with E-state index in [1.807, 2.05) is 28.8 Å². The Kier molecular flexibility index (Phi) is 6.51. The molecule has 0 N–H and O–H groups in total. The van der Waals surface area contributed by atoms with Crippen molar-refractivity contribution in [2.45, 2.75) is 6.54 Å². The zero-order valence-corrected chi connectivity index (χ0v) is 17.4. The monoisotopic (exact) mass is 410 g/mol. The number of amides is 1. The molecule has 0 saturated heterocycles. The van der Waals surface area contributed by atoms with Crippen molar-refractivity contribution in [1.82, 2.24) is 4.57 Å². The fourth-order valence-electron chi connectivity index (χ4n) is 2.91. The van der Waals surface area contributed by atoms with Crippen LogP contribution in [0.2, 0.25) is 0 Å². The molecule has 3 aromatic rings. The van der Waals surface area contributed by atoms with Gasteiger partial charge in [-0.05, 0) is 35.9 Å². The van der Waals surface area contributed by atoms with E-state index < -0.39 is 0 Å². The molecular weight excluding hydrogens is 388 g/mol. The fraction of sp³-hybridized carbons (Fsp3) is 0.182. The van der Waals surface area contributed by atoms with Gasteiger partial charge in [-0.1, -0.05) is 29.5 Å². The molecule has 29 heavy (non-hydrogen) atoms. The van der Waals surface area contributed by atoms with Gasteiger partial charge in [-0.2, -0.15) is 4.99 Å². The minimum atomic E-state index is -0.358. The zero-order chi connectivity index (χ0) is 20.8. The third-order valence-electron chi connectivity index (χ3n) is 4.21. The Bertz CT molecular complexity index is 1120. The molecule has 150 valence electrons. The predicted molar refractivity (Wildman–Crippen MR) is 116 cm³/mol. The smallest absolute Gasteiger partial charge is 0.272 e. The lowest BCUT2D eigenvalue weighted by atomic mass is 10.1. The number of carbonyl (C=O) groups excluding carboxylic acids is 1. The number of aromatic nitrogens is 1. The molecule has 1 amide bonds. The minimum absolute atomic E-state index is 0.358. The minimum Gasteiger partial charge on any atom is -0.493 e. The lowest BCUT2D eigenvalue weighted by Gasteiger charge is -2.12. The second-order valence-electron chi connectivity index (χ2n) is 5.99. The maximum absolute atomic E-state index is 12.5. The van der Waals surface area contributed by atoms with Gasteiger partial charge in [0, 0.05) is 12.6 Å². The van der Waals surface area contributed by atoms with Gasteiger partial charge in [-0.25, -0.2) is 0 Å². The van der Waals surface area contributed by atoms with Crippen LogP contribution in [0.25, 0.3) is 16.3 Å². The van der Waals surface area contributed by atoms with Gasteiger partial charge in [0.15, 0.2) is 16.3 Å². The van der Waals surface area contributed by atoms with Crippen molar-refractivity contribution in [3.63, 3.8) is 0 Å². The van der Waals surface area contributed by atoms with Crippen LogP contribution in [0.5, 0.6) is 17.2 Å². The van der Waals surface area contributed by atoms with Gasteiger partial charge in [0.05, 0.1) is 31.5 Å². The average molecular weight is 410 g/mol. The third-order valence-corrected chi connectivity index (χ3v) is 5.27. The van der Waals surface area contributed by atoms with Crippen LogP contribution < -0.4 is 19.0 Å². The highest BCUT2D eigenvalue weighted by Crippen LogP contribution is 2.38. The summed E-state index contributed by atoms with van der Waals surface area (Å²) in [6.07, 6.45) is 4.87. The molecule has 6 nitrogen and oxygen atoms in total. The quantitative estimate of drug-likeness (QED) is 0.435. The van der Waals surface area contributed by atoms with Crippen LogP contribution in [0.1, 0.15) is 5.56 Å². The normalized spacial score (nSPS) is 11.8. The number of para-hydroxylation sites is 1. The maximum atomic E-state index is 12.5. The number of fused-ring (bicyclic) bond motifs is 1. The molecule has 2 aromatic carbocycles. The van der Waals surface area contributed by atoms with Crippen molar-refractivity contribution in [3.8, 4) is 17.2 Å². The lowest BCUT2D eigenvalue weighted by Crippen LogP contribution is -2.15. The van der Waals surface area contributed by atoms with Crippen LogP contribution in [-0.4, -0.2) is 31.8 Å². The SMILES string of the molecule is C=CCn1c(=NC(=O)C=Cc2cc(OC)c(OC)c(OC)c2)sc2ccccc21. The van der Waals surface area contributed by atoms with Crippen molar-refractivity contribution in [2.75, 3.05) is 21.3 Å². The van der Waals surface area contributed by atoms with Crippen LogP contribution in [0.15, 0.2) is 60.1 Å². The fourth-order valence-corrected chi connectivity index (χ4v) is 3.95. The van der Waals surface area contributed by atoms with E-state index in [0.29, 0.717) is 28.6 Å². The first kappa shape index (κ1) is 20.4. The molecule has 3 rings (SSSR count). The van der Waals surface area contributed by atoms with Crippen LogP contribution in [0.3, 0.4) is 0 Å². The van der Waals surface area contributed by atoms with Gasteiger partial charge < -0.3 is 18.8 Å². The van der Waals surface area contributed by atoms with Gasteiger partial charge in [-0.15, -0.1) is 6.58 Å². The summed E-state index contributed by atoms with van der Waals surface area (Å²) >= 11 is 1.47. The van der Waals surface area contributed by atoms with Gasteiger partial charge >= 0.3 is 0 Å². The molecule has 0 aliphatic heterocycles. The van der Waals surface area contributed by atoms with Crippen molar-refractivity contribution in [2.24, 2.45) is 4.99 Å². The van der Waals surface area contributed by atoms with Crippen molar-refractivity contribution < 1.29 is 19.0 Å². The van der Waals surface area contributed by atoms with Crippen molar-refractivity contribution >= 4 is 33.5 Å². The molecule has 0 fully saturated rings. The highest BCUT2D eigenvalue weighted by molar-refractivity contribution is 7.16. The summed E-state index contributed by atoms with van der Waals surface area (Å²) in [4.78, 5) is 17.4. The first-order valence-corrected chi connectivity index (χ1v) is 9.69. The molecule has 0 spiro atoms. The van der Waals surface area contributed by atoms with E-state index in [2.05, 4.69) is 11.6 Å². The Hall–Kier alpha value is -3.32. The Labute approximate surface area is 173 Å². The van der Waals surface area contributed by atoms with E-state index >= 15 is 0 Å². The van der Waals surface area contributed by atoms with E-state index in [-0.39, 0.29) is 5.91 Å². The summed E-state index contributed by atoms with van der Waals surface area (Å²) in [6.45, 7) is 4.37. The number of nitrogens with zero attached hydrogens (tertiary/aromatic N) is 2. The first-order valence-electron chi connectivity index (χ1n) is 8.87. The molecular formula is C22H22N2O4S. The number of rotatable bonds is 7. The second-order valence-corrected chi connectivity index (χ2v) is 7.00. The van der Waals surface area contributed by atoms with E-state index in [4.69, 9.17) is 14.2 Å². The number of hydrogen-bond acceptors (Lipinski definition) is 5. The number of allylic oxidation sites excluding steroid dienone is 1. The van der Waals surface area contributed by atoms with Crippen LogP contribution in [0, 0.1) is 0 Å². The number of benzene rings is 2. The molecule has 0 aliphatic rings. The molecule has 7 heteroatoms.